The second-order valence-electron chi connectivity index (χ2n) is 4.87. The van der Waals surface area contributed by atoms with Crippen molar-refractivity contribution in [3.63, 3.8) is 0 Å². The number of rotatable bonds is 2. The van der Waals surface area contributed by atoms with Crippen molar-refractivity contribution in [2.24, 2.45) is 0 Å². The summed E-state index contributed by atoms with van der Waals surface area (Å²) in [6, 6.07) is 5.67. The van der Waals surface area contributed by atoms with Crippen LogP contribution in [0.5, 0.6) is 0 Å². The summed E-state index contributed by atoms with van der Waals surface area (Å²) in [5.41, 5.74) is 0.566. The first-order valence-electron chi connectivity index (χ1n) is 6.52. The molecule has 1 N–H and O–H groups in total. The Morgan fingerprint density at radius 3 is 2.90 bits per heavy atom. The van der Waals surface area contributed by atoms with E-state index in [1.807, 2.05) is 18.0 Å². The smallest absolute Gasteiger partial charge is 0.255 e. The van der Waals surface area contributed by atoms with Crippen molar-refractivity contribution in [3.8, 4) is 0 Å². The van der Waals surface area contributed by atoms with Crippen molar-refractivity contribution < 1.29 is 4.79 Å². The van der Waals surface area contributed by atoms with Gasteiger partial charge in [-0.05, 0) is 50.6 Å². The predicted octanol–water partition coefficient (Wildman–Crippen LogP) is 3.74. The van der Waals surface area contributed by atoms with Crippen molar-refractivity contribution in [1.29, 1.82) is 0 Å². The van der Waals surface area contributed by atoms with Gasteiger partial charge in [-0.2, -0.15) is 0 Å². The lowest BCUT2D eigenvalue weighted by Crippen LogP contribution is -2.37. The van der Waals surface area contributed by atoms with E-state index in [9.17, 15) is 4.79 Å². The van der Waals surface area contributed by atoms with Gasteiger partial charge in [-0.3, -0.25) is 4.79 Å². The Kier molecular flexibility index (Phi) is 7.30. The van der Waals surface area contributed by atoms with Crippen LogP contribution in [0.25, 0.3) is 0 Å². The summed E-state index contributed by atoms with van der Waals surface area (Å²) in [6.07, 6.45) is 3.14. The van der Waals surface area contributed by atoms with Gasteiger partial charge in [0.25, 0.3) is 5.91 Å². The molecule has 1 fully saturated rings. The van der Waals surface area contributed by atoms with Gasteiger partial charge in [0, 0.05) is 17.6 Å². The molecule has 20 heavy (non-hydrogen) atoms. The molecule has 0 aromatic heterocycles. The van der Waals surface area contributed by atoms with Crippen LogP contribution >= 0.6 is 39.9 Å². The largest absolute Gasteiger partial charge is 0.339 e. The molecule has 1 unspecified atom stereocenters. The Bertz CT molecular complexity index is 462. The fourth-order valence-electron chi connectivity index (χ4n) is 2.41. The second kappa shape index (κ2) is 8.23. The van der Waals surface area contributed by atoms with E-state index in [2.05, 4.69) is 21.2 Å². The van der Waals surface area contributed by atoms with Gasteiger partial charge in [-0.15, -0.1) is 12.4 Å². The number of benzene rings is 1. The molecule has 1 amide bonds. The van der Waals surface area contributed by atoms with E-state index in [1.54, 1.807) is 12.1 Å². The Morgan fingerprint density at radius 2 is 2.15 bits per heavy atom. The zero-order chi connectivity index (χ0) is 13.8. The number of nitrogens with one attached hydrogen (secondary N) is 1. The van der Waals surface area contributed by atoms with E-state index in [0.29, 0.717) is 10.6 Å². The number of halogens is 3. The highest BCUT2D eigenvalue weighted by atomic mass is 79.9. The van der Waals surface area contributed by atoms with E-state index in [4.69, 9.17) is 11.6 Å². The molecule has 112 valence electrons. The SMILES string of the molecule is CN(C(=O)c1cc(Br)ccc1Cl)C1CCCNCC1.Cl. The monoisotopic (exact) mass is 380 g/mol. The quantitative estimate of drug-likeness (QED) is 0.846. The molecule has 0 saturated carbocycles. The zero-order valence-electron chi connectivity index (χ0n) is 11.4. The lowest BCUT2D eigenvalue weighted by Gasteiger charge is -2.27. The van der Waals surface area contributed by atoms with Crippen LogP contribution in [0.4, 0.5) is 0 Å². The van der Waals surface area contributed by atoms with E-state index in [1.165, 1.54) is 0 Å². The molecule has 2 rings (SSSR count). The van der Waals surface area contributed by atoms with Gasteiger partial charge in [0.1, 0.15) is 0 Å². The van der Waals surface area contributed by atoms with E-state index >= 15 is 0 Å². The van der Waals surface area contributed by atoms with Crippen LogP contribution in [-0.4, -0.2) is 37.0 Å². The third kappa shape index (κ3) is 4.35. The van der Waals surface area contributed by atoms with Crippen molar-refractivity contribution in [3.05, 3.63) is 33.3 Å². The molecule has 6 heteroatoms. The topological polar surface area (TPSA) is 32.3 Å². The summed E-state index contributed by atoms with van der Waals surface area (Å²) in [5.74, 6) is -0.00167. The van der Waals surface area contributed by atoms with Gasteiger partial charge in [-0.1, -0.05) is 27.5 Å². The van der Waals surface area contributed by atoms with Crippen molar-refractivity contribution in [2.45, 2.75) is 25.3 Å². The average Bonchev–Trinajstić information content (AvgIpc) is 2.69. The fourth-order valence-corrected chi connectivity index (χ4v) is 2.96. The number of hydrogen-bond acceptors (Lipinski definition) is 2. The lowest BCUT2D eigenvalue weighted by atomic mass is 10.1. The molecule has 3 nitrogen and oxygen atoms in total. The molecular weight excluding hydrogens is 363 g/mol. The van der Waals surface area contributed by atoms with Gasteiger partial charge in [0.05, 0.1) is 10.6 Å². The molecule has 1 aromatic carbocycles. The Morgan fingerprint density at radius 1 is 1.40 bits per heavy atom. The zero-order valence-corrected chi connectivity index (χ0v) is 14.5. The molecule has 1 atom stereocenters. The van der Waals surface area contributed by atoms with Crippen LogP contribution in [-0.2, 0) is 0 Å². The highest BCUT2D eigenvalue weighted by molar-refractivity contribution is 9.10. The van der Waals surface area contributed by atoms with Crippen LogP contribution in [0.3, 0.4) is 0 Å². The Labute approximate surface area is 139 Å². The number of carbonyl (C=O) groups is 1. The first-order chi connectivity index (χ1) is 9.09. The molecule has 1 heterocycles. The Hall–Kier alpha value is -0.290. The summed E-state index contributed by atoms with van der Waals surface area (Å²) in [4.78, 5) is 14.4. The van der Waals surface area contributed by atoms with E-state index < -0.39 is 0 Å². The first kappa shape index (κ1) is 17.8. The van der Waals surface area contributed by atoms with Gasteiger partial charge in [0.15, 0.2) is 0 Å². The maximum Gasteiger partial charge on any atom is 0.255 e. The van der Waals surface area contributed by atoms with Crippen LogP contribution in [0.1, 0.15) is 29.6 Å². The molecule has 1 aliphatic rings. The standard InChI is InChI=1S/C14H18BrClN2O.ClH/c1-18(11-3-2-7-17-8-6-11)14(19)12-9-10(15)4-5-13(12)16;/h4-5,9,11,17H,2-3,6-8H2,1H3;1H. The van der Waals surface area contributed by atoms with Crippen molar-refractivity contribution in [2.75, 3.05) is 20.1 Å². The molecule has 1 aliphatic heterocycles. The van der Waals surface area contributed by atoms with Gasteiger partial charge in [0.2, 0.25) is 0 Å². The van der Waals surface area contributed by atoms with Gasteiger partial charge in [-0.25, -0.2) is 0 Å². The number of amides is 1. The number of nitrogens with zero attached hydrogens (tertiary/aromatic N) is 1. The molecule has 1 saturated heterocycles. The number of hydrogen-bond donors (Lipinski definition) is 1. The van der Waals surface area contributed by atoms with Crippen LogP contribution in [0.2, 0.25) is 5.02 Å². The molecule has 1 aromatic rings. The summed E-state index contributed by atoms with van der Waals surface area (Å²) in [5, 5.41) is 3.87. The van der Waals surface area contributed by atoms with E-state index in [0.717, 1.165) is 36.8 Å². The normalized spacial score (nSPS) is 18.9. The maximum atomic E-state index is 12.5. The molecular formula is C14H19BrCl2N2O. The van der Waals surface area contributed by atoms with Crippen LogP contribution in [0, 0.1) is 0 Å². The van der Waals surface area contributed by atoms with E-state index in [-0.39, 0.29) is 24.4 Å². The molecule has 0 aliphatic carbocycles. The third-order valence-electron chi connectivity index (χ3n) is 3.57. The fraction of sp³-hybridized carbons (Fsp3) is 0.500. The lowest BCUT2D eigenvalue weighted by molar-refractivity contribution is 0.0720. The molecule has 0 bridgehead atoms. The minimum Gasteiger partial charge on any atom is -0.339 e. The third-order valence-corrected chi connectivity index (χ3v) is 4.39. The minimum atomic E-state index is -0.00167. The van der Waals surface area contributed by atoms with Gasteiger partial charge < -0.3 is 10.2 Å². The number of carbonyl (C=O) groups excluding carboxylic acids is 1. The summed E-state index contributed by atoms with van der Waals surface area (Å²) in [6.45, 7) is 2.00. The van der Waals surface area contributed by atoms with Crippen molar-refractivity contribution in [1.82, 2.24) is 10.2 Å². The summed E-state index contributed by atoms with van der Waals surface area (Å²) in [7, 11) is 1.87. The summed E-state index contributed by atoms with van der Waals surface area (Å²) < 4.78 is 0.871. The highest BCUT2D eigenvalue weighted by Crippen LogP contribution is 2.24. The second-order valence-corrected chi connectivity index (χ2v) is 6.20. The highest BCUT2D eigenvalue weighted by Gasteiger charge is 2.23. The first-order valence-corrected chi connectivity index (χ1v) is 7.69. The maximum absolute atomic E-state index is 12.5. The molecule has 0 radical (unpaired) electrons. The predicted molar refractivity (Wildman–Crippen MR) is 89.0 cm³/mol. The summed E-state index contributed by atoms with van der Waals surface area (Å²) >= 11 is 9.51. The minimum absolute atomic E-state index is 0. The van der Waals surface area contributed by atoms with Crippen LogP contribution < -0.4 is 5.32 Å². The average molecular weight is 382 g/mol. The van der Waals surface area contributed by atoms with Gasteiger partial charge >= 0.3 is 0 Å². The Balaban J connectivity index is 0.00000200. The molecule has 0 spiro atoms. The van der Waals surface area contributed by atoms with Crippen molar-refractivity contribution >= 4 is 45.8 Å². The van der Waals surface area contributed by atoms with Crippen LogP contribution in [0.15, 0.2) is 22.7 Å².